The van der Waals surface area contributed by atoms with Gasteiger partial charge in [-0.2, -0.15) is 5.26 Å². The summed E-state index contributed by atoms with van der Waals surface area (Å²) in [5, 5.41) is 9.56. The molecule has 0 N–H and O–H groups in total. The monoisotopic (exact) mass is 343 g/mol. The molecule has 3 nitrogen and oxygen atoms in total. The summed E-state index contributed by atoms with van der Waals surface area (Å²) in [7, 11) is 1.71. The molecule has 138 valence electrons. The standard InChI is InChI=1S/C22H33NO2/c1-21-9-8-19(25-14-24-3)10-16(21)5-4-15-12-22(2)17(11-20(15)21)6-7-18(22)13-23/h7,15-17,19-20H,4-6,8-12,14H2,1-3H3/t15-,16-,17+,19+,20-,21-,22+/m1/s1. The van der Waals surface area contributed by atoms with Crippen LogP contribution < -0.4 is 0 Å². The summed E-state index contributed by atoms with van der Waals surface area (Å²) in [6, 6.07) is 2.52. The van der Waals surface area contributed by atoms with Crippen LogP contribution >= 0.6 is 0 Å². The van der Waals surface area contributed by atoms with Crippen LogP contribution in [0.4, 0.5) is 0 Å². The van der Waals surface area contributed by atoms with Crippen molar-refractivity contribution >= 4 is 0 Å². The van der Waals surface area contributed by atoms with E-state index < -0.39 is 0 Å². The van der Waals surface area contributed by atoms with Crippen LogP contribution in [0.2, 0.25) is 0 Å². The molecule has 0 aliphatic heterocycles. The van der Waals surface area contributed by atoms with Crippen molar-refractivity contribution in [1.82, 2.24) is 0 Å². The molecule has 7 atom stereocenters. The van der Waals surface area contributed by atoms with Gasteiger partial charge in [-0.1, -0.05) is 19.9 Å². The van der Waals surface area contributed by atoms with Gasteiger partial charge in [-0.25, -0.2) is 0 Å². The molecular formula is C22H33NO2. The Morgan fingerprint density at radius 3 is 2.80 bits per heavy atom. The van der Waals surface area contributed by atoms with Gasteiger partial charge < -0.3 is 9.47 Å². The lowest BCUT2D eigenvalue weighted by Crippen LogP contribution is -2.52. The number of ether oxygens (including phenoxy) is 2. The molecule has 0 aromatic carbocycles. The number of rotatable bonds is 3. The zero-order valence-electron chi connectivity index (χ0n) is 16.1. The Morgan fingerprint density at radius 2 is 2.04 bits per heavy atom. The lowest BCUT2D eigenvalue weighted by molar-refractivity contribution is -0.143. The Labute approximate surface area is 152 Å². The molecule has 3 fully saturated rings. The smallest absolute Gasteiger partial charge is 0.146 e. The van der Waals surface area contributed by atoms with E-state index >= 15 is 0 Å². The summed E-state index contributed by atoms with van der Waals surface area (Å²) < 4.78 is 11.0. The van der Waals surface area contributed by atoms with Gasteiger partial charge in [0.1, 0.15) is 6.79 Å². The fourth-order valence-corrected chi connectivity index (χ4v) is 7.12. The topological polar surface area (TPSA) is 42.2 Å². The third-order valence-electron chi connectivity index (χ3n) is 8.68. The second-order valence-electron chi connectivity index (χ2n) is 9.64. The molecule has 0 aromatic rings. The van der Waals surface area contributed by atoms with Crippen LogP contribution in [0.3, 0.4) is 0 Å². The van der Waals surface area contributed by atoms with E-state index in [9.17, 15) is 5.26 Å². The predicted octanol–water partition coefficient (Wildman–Crippen LogP) is 5.08. The van der Waals surface area contributed by atoms with Gasteiger partial charge in [-0.3, -0.25) is 0 Å². The maximum absolute atomic E-state index is 9.56. The van der Waals surface area contributed by atoms with E-state index in [0.717, 1.165) is 29.7 Å². The first-order valence-corrected chi connectivity index (χ1v) is 10.2. The Morgan fingerprint density at radius 1 is 1.20 bits per heavy atom. The van der Waals surface area contributed by atoms with E-state index in [0.29, 0.717) is 24.2 Å². The van der Waals surface area contributed by atoms with Crippen molar-refractivity contribution in [2.45, 2.75) is 71.3 Å². The van der Waals surface area contributed by atoms with Gasteiger partial charge in [0, 0.05) is 18.1 Å². The van der Waals surface area contributed by atoms with Crippen molar-refractivity contribution in [3.05, 3.63) is 11.6 Å². The van der Waals surface area contributed by atoms with E-state index in [2.05, 4.69) is 26.0 Å². The Bertz CT molecular complexity index is 593. The van der Waals surface area contributed by atoms with Crippen molar-refractivity contribution in [3.8, 4) is 6.07 Å². The Hall–Kier alpha value is -0.850. The maximum atomic E-state index is 9.56. The van der Waals surface area contributed by atoms with Crippen molar-refractivity contribution in [2.75, 3.05) is 13.9 Å². The summed E-state index contributed by atoms with van der Waals surface area (Å²) in [6.07, 6.45) is 12.7. The third kappa shape index (κ3) is 2.68. The minimum absolute atomic E-state index is 0.165. The van der Waals surface area contributed by atoms with Crippen molar-refractivity contribution in [1.29, 1.82) is 5.26 Å². The van der Waals surface area contributed by atoms with E-state index in [1.165, 1.54) is 44.9 Å². The largest absolute Gasteiger partial charge is 0.359 e. The third-order valence-corrected chi connectivity index (χ3v) is 8.68. The molecule has 0 saturated heterocycles. The number of nitriles is 1. The first-order valence-electron chi connectivity index (χ1n) is 10.2. The van der Waals surface area contributed by atoms with Crippen LogP contribution in [-0.4, -0.2) is 20.0 Å². The second kappa shape index (κ2) is 6.39. The fourth-order valence-electron chi connectivity index (χ4n) is 7.12. The summed E-state index contributed by atoms with van der Waals surface area (Å²) in [4.78, 5) is 0. The highest BCUT2D eigenvalue weighted by atomic mass is 16.7. The van der Waals surface area contributed by atoms with E-state index in [1.807, 2.05) is 0 Å². The zero-order valence-corrected chi connectivity index (χ0v) is 16.1. The molecule has 0 unspecified atom stereocenters. The van der Waals surface area contributed by atoms with Crippen molar-refractivity contribution < 1.29 is 9.47 Å². The van der Waals surface area contributed by atoms with Crippen molar-refractivity contribution in [2.24, 2.45) is 34.5 Å². The lowest BCUT2D eigenvalue weighted by Gasteiger charge is -2.60. The van der Waals surface area contributed by atoms with Gasteiger partial charge in [-0.15, -0.1) is 0 Å². The highest BCUT2D eigenvalue weighted by Crippen LogP contribution is 2.65. The molecule has 0 radical (unpaired) electrons. The van der Waals surface area contributed by atoms with Crippen LogP contribution in [0.25, 0.3) is 0 Å². The summed E-state index contributed by atoms with van der Waals surface area (Å²) in [6.45, 7) is 5.39. The maximum Gasteiger partial charge on any atom is 0.146 e. The molecule has 0 aromatic heterocycles. The average molecular weight is 344 g/mol. The minimum Gasteiger partial charge on any atom is -0.359 e. The van der Waals surface area contributed by atoms with Crippen LogP contribution in [0.5, 0.6) is 0 Å². The van der Waals surface area contributed by atoms with Gasteiger partial charge in [-0.05, 0) is 80.5 Å². The molecule has 0 amide bonds. The minimum atomic E-state index is 0.165. The zero-order chi connectivity index (χ0) is 17.7. The normalized spacial score (nSPS) is 48.7. The molecule has 3 saturated carbocycles. The molecule has 4 rings (SSSR count). The van der Waals surface area contributed by atoms with Crippen molar-refractivity contribution in [3.63, 3.8) is 0 Å². The van der Waals surface area contributed by atoms with Crippen LogP contribution in [0.1, 0.15) is 65.2 Å². The van der Waals surface area contributed by atoms with Crippen LogP contribution in [-0.2, 0) is 9.47 Å². The summed E-state index contributed by atoms with van der Waals surface area (Å²) in [5.41, 5.74) is 1.73. The first-order chi connectivity index (χ1) is 12.0. The van der Waals surface area contributed by atoms with Gasteiger partial charge in [0.15, 0.2) is 0 Å². The second-order valence-corrected chi connectivity index (χ2v) is 9.64. The molecule has 0 spiro atoms. The van der Waals surface area contributed by atoms with Gasteiger partial charge in [0.25, 0.3) is 0 Å². The average Bonchev–Trinajstić information content (AvgIpc) is 2.93. The molecule has 0 heterocycles. The molecule has 25 heavy (non-hydrogen) atoms. The van der Waals surface area contributed by atoms with E-state index in [-0.39, 0.29) is 5.41 Å². The van der Waals surface area contributed by atoms with Crippen LogP contribution in [0, 0.1) is 45.8 Å². The first kappa shape index (κ1) is 17.6. The Kier molecular flexibility index (Phi) is 4.49. The lowest BCUT2D eigenvalue weighted by atomic mass is 9.45. The van der Waals surface area contributed by atoms with Gasteiger partial charge >= 0.3 is 0 Å². The number of allylic oxidation sites excluding steroid dienone is 2. The molecular weight excluding hydrogens is 310 g/mol. The molecule has 4 aliphatic carbocycles. The highest BCUT2D eigenvalue weighted by Gasteiger charge is 2.57. The van der Waals surface area contributed by atoms with E-state index in [1.54, 1.807) is 7.11 Å². The number of fused-ring (bicyclic) bond motifs is 4. The number of hydrogen-bond acceptors (Lipinski definition) is 3. The van der Waals surface area contributed by atoms with Crippen LogP contribution in [0.15, 0.2) is 11.6 Å². The molecule has 3 heteroatoms. The molecule has 4 aliphatic rings. The number of hydrogen-bond donors (Lipinski definition) is 0. The quantitative estimate of drug-likeness (QED) is 0.671. The predicted molar refractivity (Wildman–Crippen MR) is 97.6 cm³/mol. The fraction of sp³-hybridized carbons (Fsp3) is 0.864. The summed E-state index contributed by atoms with van der Waals surface area (Å²) >= 11 is 0. The molecule has 0 bridgehead atoms. The highest BCUT2D eigenvalue weighted by molar-refractivity contribution is 5.35. The SMILES string of the molecule is COCO[C@H]1CC[C@]2(C)[C@H](CC[C@@H]3C[C@]4(C)C(C#N)=CC[C@H]4C[C@H]32)C1. The van der Waals surface area contributed by atoms with Gasteiger partial charge in [0.05, 0.1) is 12.2 Å². The Balaban J connectivity index is 1.51. The number of methoxy groups -OCH3 is 1. The number of nitrogens with zero attached hydrogens (tertiary/aromatic N) is 1. The summed E-state index contributed by atoms with van der Waals surface area (Å²) in [5.74, 6) is 3.16. The van der Waals surface area contributed by atoms with E-state index in [4.69, 9.17) is 9.47 Å². The van der Waals surface area contributed by atoms with Gasteiger partial charge in [0.2, 0.25) is 0 Å².